The Balaban J connectivity index is 2.35. The zero-order valence-electron chi connectivity index (χ0n) is 16.6. The van der Waals surface area contributed by atoms with E-state index >= 15 is 0 Å². The lowest BCUT2D eigenvalue weighted by Crippen LogP contribution is -2.12. The number of ether oxygens (including phenoxy) is 2. The van der Waals surface area contributed by atoms with Gasteiger partial charge in [-0.15, -0.1) is 0 Å². The minimum atomic E-state index is -0.672. The van der Waals surface area contributed by atoms with Crippen molar-refractivity contribution < 1.29 is 24.2 Å². The number of ketones is 1. The molecule has 5 heteroatoms. The molecule has 0 saturated carbocycles. The molecule has 0 atom stereocenters. The molecule has 152 valence electrons. The molecule has 0 spiro atoms. The van der Waals surface area contributed by atoms with Gasteiger partial charge in [-0.3, -0.25) is 4.79 Å². The summed E-state index contributed by atoms with van der Waals surface area (Å²) in [5, 5.41) is 9.71. The highest BCUT2D eigenvalue weighted by molar-refractivity contribution is 6.14. The molecular formula is C25H22O5. The summed E-state index contributed by atoms with van der Waals surface area (Å²) in [5.41, 5.74) is 2.85. The maximum atomic E-state index is 13.4. The first-order chi connectivity index (χ1) is 14.6. The second kappa shape index (κ2) is 9.67. The Morgan fingerprint density at radius 2 is 1.67 bits per heavy atom. The summed E-state index contributed by atoms with van der Waals surface area (Å²) in [6.45, 7) is 3.25. The number of hydrogen-bond donors (Lipinski definition) is 1. The Labute approximate surface area is 175 Å². The lowest BCUT2D eigenvalue weighted by Gasteiger charge is -2.20. The van der Waals surface area contributed by atoms with E-state index < -0.39 is 5.97 Å². The summed E-state index contributed by atoms with van der Waals surface area (Å²) in [7, 11) is 1.45. The minimum Gasteiger partial charge on any atom is -0.493 e. The first-order valence-corrected chi connectivity index (χ1v) is 9.44. The highest BCUT2D eigenvalue weighted by Crippen LogP contribution is 2.42. The zero-order valence-corrected chi connectivity index (χ0v) is 16.6. The summed E-state index contributed by atoms with van der Waals surface area (Å²) in [6.07, 6.45) is 1.25. The van der Waals surface area contributed by atoms with Gasteiger partial charge in [-0.1, -0.05) is 67.2 Å². The number of carbonyl (C=O) groups is 2. The topological polar surface area (TPSA) is 72.8 Å². The van der Waals surface area contributed by atoms with Crippen LogP contribution in [0.5, 0.6) is 11.5 Å². The second-order valence-corrected chi connectivity index (χ2v) is 6.47. The van der Waals surface area contributed by atoms with E-state index in [2.05, 4.69) is 6.58 Å². The quantitative estimate of drug-likeness (QED) is 0.264. The molecule has 0 aliphatic carbocycles. The van der Waals surface area contributed by atoms with Crippen LogP contribution in [0.3, 0.4) is 0 Å². The Morgan fingerprint density at radius 1 is 1.03 bits per heavy atom. The summed E-state index contributed by atoms with van der Waals surface area (Å²) in [4.78, 5) is 25.3. The van der Waals surface area contributed by atoms with Crippen LogP contribution in [0.2, 0.25) is 0 Å². The molecule has 0 radical (unpaired) electrons. The smallest absolute Gasteiger partial charge is 0.335 e. The van der Waals surface area contributed by atoms with Crippen LogP contribution in [0.15, 0.2) is 79.4 Å². The highest BCUT2D eigenvalue weighted by Gasteiger charge is 2.25. The average molecular weight is 402 g/mol. The van der Waals surface area contributed by atoms with Gasteiger partial charge >= 0.3 is 5.97 Å². The van der Waals surface area contributed by atoms with Crippen LogP contribution >= 0.6 is 0 Å². The van der Waals surface area contributed by atoms with Gasteiger partial charge in [-0.2, -0.15) is 0 Å². The van der Waals surface area contributed by atoms with E-state index in [0.717, 1.165) is 11.6 Å². The molecule has 1 N–H and O–H groups in total. The zero-order chi connectivity index (χ0) is 21.5. The van der Waals surface area contributed by atoms with E-state index in [-0.39, 0.29) is 24.6 Å². The van der Waals surface area contributed by atoms with Gasteiger partial charge in [0, 0.05) is 34.9 Å². The van der Waals surface area contributed by atoms with Crippen LogP contribution in [0.25, 0.3) is 11.1 Å². The van der Waals surface area contributed by atoms with Crippen molar-refractivity contribution in [1.29, 1.82) is 0 Å². The maximum absolute atomic E-state index is 13.4. The summed E-state index contributed by atoms with van der Waals surface area (Å²) in [5.74, 6) is -0.506. The van der Waals surface area contributed by atoms with Crippen molar-refractivity contribution in [3.8, 4) is 22.6 Å². The van der Waals surface area contributed by atoms with Crippen molar-refractivity contribution >= 4 is 11.8 Å². The molecule has 0 bridgehead atoms. The van der Waals surface area contributed by atoms with Crippen molar-refractivity contribution in [2.45, 2.75) is 6.42 Å². The van der Waals surface area contributed by atoms with Crippen LogP contribution in [0, 0.1) is 0 Å². The Morgan fingerprint density at radius 3 is 2.23 bits per heavy atom. The molecule has 3 rings (SSSR count). The first kappa shape index (κ1) is 21.0. The molecule has 3 aromatic carbocycles. The lowest BCUT2D eigenvalue weighted by atomic mass is 9.88. The van der Waals surface area contributed by atoms with Crippen LogP contribution < -0.4 is 9.47 Å². The molecule has 0 aromatic heterocycles. The molecule has 5 nitrogen and oxygen atoms in total. The van der Waals surface area contributed by atoms with E-state index in [4.69, 9.17) is 9.47 Å². The Hall–Kier alpha value is -3.70. The third-order valence-corrected chi connectivity index (χ3v) is 4.63. The number of aliphatic hydroxyl groups is 1. The van der Waals surface area contributed by atoms with Crippen molar-refractivity contribution in [3.63, 3.8) is 0 Å². The Kier molecular flexibility index (Phi) is 6.78. The van der Waals surface area contributed by atoms with E-state index in [9.17, 15) is 14.7 Å². The number of benzene rings is 3. The number of methoxy groups -OCH3 is 1. The number of aliphatic hydroxyl groups excluding tert-OH is 1. The third-order valence-electron chi connectivity index (χ3n) is 4.63. The lowest BCUT2D eigenvalue weighted by molar-refractivity contribution is -0.129. The SMILES string of the molecule is C=CC(=O)Oc1cc(C(=O)c2ccccc2)c(-c2ccccc2)c(CCO)c1OC. The molecule has 0 amide bonds. The molecule has 0 unspecified atom stereocenters. The van der Waals surface area contributed by atoms with Crippen LogP contribution in [-0.2, 0) is 11.2 Å². The second-order valence-electron chi connectivity index (χ2n) is 6.47. The number of hydrogen-bond acceptors (Lipinski definition) is 5. The predicted octanol–water partition coefficient (Wildman–Crippen LogP) is 4.22. The van der Waals surface area contributed by atoms with Gasteiger partial charge in [0.25, 0.3) is 0 Å². The molecule has 0 fully saturated rings. The van der Waals surface area contributed by atoms with Gasteiger partial charge in [0.05, 0.1) is 7.11 Å². The van der Waals surface area contributed by atoms with Crippen LogP contribution in [-0.4, -0.2) is 30.6 Å². The van der Waals surface area contributed by atoms with Gasteiger partial charge in [0.1, 0.15) is 0 Å². The molecule has 0 aliphatic rings. The van der Waals surface area contributed by atoms with Crippen LogP contribution in [0.1, 0.15) is 21.5 Å². The van der Waals surface area contributed by atoms with Gasteiger partial charge in [-0.25, -0.2) is 4.79 Å². The fourth-order valence-corrected chi connectivity index (χ4v) is 3.35. The predicted molar refractivity (Wildman–Crippen MR) is 115 cm³/mol. The molecule has 3 aromatic rings. The van der Waals surface area contributed by atoms with Crippen molar-refractivity contribution in [2.75, 3.05) is 13.7 Å². The molecule has 0 heterocycles. The first-order valence-electron chi connectivity index (χ1n) is 9.44. The fourth-order valence-electron chi connectivity index (χ4n) is 3.35. The monoisotopic (exact) mass is 402 g/mol. The third kappa shape index (κ3) is 4.31. The summed E-state index contributed by atoms with van der Waals surface area (Å²) in [6, 6.07) is 19.7. The largest absolute Gasteiger partial charge is 0.493 e. The molecule has 0 saturated heterocycles. The minimum absolute atomic E-state index is 0.102. The Bertz CT molecular complexity index is 1060. The summed E-state index contributed by atoms with van der Waals surface area (Å²) >= 11 is 0. The number of esters is 1. The molecule has 30 heavy (non-hydrogen) atoms. The van der Waals surface area contributed by atoms with Crippen molar-refractivity contribution in [2.24, 2.45) is 0 Å². The van der Waals surface area contributed by atoms with Crippen LogP contribution in [0.4, 0.5) is 0 Å². The summed E-state index contributed by atoms with van der Waals surface area (Å²) < 4.78 is 10.9. The van der Waals surface area contributed by atoms with Crippen molar-refractivity contribution in [1.82, 2.24) is 0 Å². The van der Waals surface area contributed by atoms with Gasteiger partial charge in [0.2, 0.25) is 0 Å². The van der Waals surface area contributed by atoms with E-state index in [0.29, 0.717) is 28.0 Å². The van der Waals surface area contributed by atoms with Gasteiger partial charge in [-0.05, 0) is 18.1 Å². The highest BCUT2D eigenvalue weighted by atomic mass is 16.6. The van der Waals surface area contributed by atoms with Gasteiger partial charge in [0.15, 0.2) is 17.3 Å². The van der Waals surface area contributed by atoms with E-state index in [1.165, 1.54) is 13.2 Å². The normalized spacial score (nSPS) is 10.3. The molecular weight excluding hydrogens is 380 g/mol. The van der Waals surface area contributed by atoms with E-state index in [1.807, 2.05) is 36.4 Å². The van der Waals surface area contributed by atoms with Gasteiger partial charge < -0.3 is 14.6 Å². The molecule has 0 aliphatic heterocycles. The number of rotatable bonds is 8. The standard InChI is InChI=1S/C25H22O5/c1-3-22(27)30-21-16-20(24(28)18-12-8-5-9-13-18)23(17-10-6-4-7-11-17)19(14-15-26)25(21)29-2/h3-13,16,26H,1,14-15H2,2H3. The number of carbonyl (C=O) groups excluding carboxylic acids is 2. The van der Waals surface area contributed by atoms with Crippen molar-refractivity contribution in [3.05, 3.63) is 96.1 Å². The maximum Gasteiger partial charge on any atom is 0.335 e. The van der Waals surface area contributed by atoms with E-state index in [1.54, 1.807) is 24.3 Å². The average Bonchev–Trinajstić information content (AvgIpc) is 2.79. The fraction of sp³-hybridized carbons (Fsp3) is 0.120.